The van der Waals surface area contributed by atoms with Gasteiger partial charge in [-0.3, -0.25) is 10.1 Å². The summed E-state index contributed by atoms with van der Waals surface area (Å²) in [6.07, 6.45) is 1.93. The van der Waals surface area contributed by atoms with E-state index in [2.05, 4.69) is 4.98 Å². The van der Waals surface area contributed by atoms with Gasteiger partial charge in [-0.05, 0) is 19.9 Å². The van der Waals surface area contributed by atoms with E-state index in [4.69, 9.17) is 4.74 Å². The Morgan fingerprint density at radius 2 is 2.13 bits per heavy atom. The molecule has 0 aliphatic carbocycles. The summed E-state index contributed by atoms with van der Waals surface area (Å²) in [6, 6.07) is 4.81. The number of phenolic OH excluding ortho intramolecular Hbond substituents is 1. The summed E-state index contributed by atoms with van der Waals surface area (Å²) in [5.41, 5.74) is 1.01. The average molecular weight is 319 g/mol. The number of non-ortho nitro benzene ring substituents is 1. The maximum atomic E-state index is 11.4. The van der Waals surface area contributed by atoms with Crippen LogP contribution in [-0.4, -0.2) is 35.3 Å². The van der Waals surface area contributed by atoms with Crippen molar-refractivity contribution < 1.29 is 24.7 Å². The summed E-state index contributed by atoms with van der Waals surface area (Å²) in [5.74, 6) is 0.0884. The minimum atomic E-state index is -0.404. The lowest BCUT2D eigenvalue weighted by molar-refractivity contribution is -0.928. The fourth-order valence-electron chi connectivity index (χ4n) is 3.41. The van der Waals surface area contributed by atoms with Gasteiger partial charge in [0, 0.05) is 12.1 Å². The number of quaternary nitrogens is 1. The van der Waals surface area contributed by atoms with E-state index >= 15 is 0 Å². The van der Waals surface area contributed by atoms with Gasteiger partial charge in [-0.15, -0.1) is 0 Å². The van der Waals surface area contributed by atoms with E-state index in [9.17, 15) is 15.2 Å². The average Bonchev–Trinajstić information content (AvgIpc) is 2.49. The van der Waals surface area contributed by atoms with E-state index in [0.717, 1.165) is 13.1 Å². The van der Waals surface area contributed by atoms with Gasteiger partial charge in [0.05, 0.1) is 10.5 Å². The highest BCUT2D eigenvalue weighted by Crippen LogP contribution is 2.32. The van der Waals surface area contributed by atoms with E-state index in [-0.39, 0.29) is 23.6 Å². The number of nitro groups is 1. The van der Waals surface area contributed by atoms with Crippen LogP contribution in [0.25, 0.3) is 10.9 Å². The Labute approximate surface area is 133 Å². The van der Waals surface area contributed by atoms with Crippen LogP contribution in [-0.2, 0) is 11.3 Å². The molecule has 0 bridgehead atoms. The number of hydrogen-bond acceptors (Lipinski definition) is 4. The number of aromatic nitrogens is 1. The van der Waals surface area contributed by atoms with Crippen molar-refractivity contribution in [1.29, 1.82) is 0 Å². The van der Waals surface area contributed by atoms with Crippen LogP contribution >= 0.6 is 0 Å². The number of H-pyrrole nitrogens is 1. The molecule has 0 radical (unpaired) electrons. The second-order valence-corrected chi connectivity index (χ2v) is 6.21. The number of phenols is 1. The Hall–Kier alpha value is -2.25. The third-order valence-corrected chi connectivity index (χ3v) is 4.24. The summed E-state index contributed by atoms with van der Waals surface area (Å²) >= 11 is 0. The van der Waals surface area contributed by atoms with Gasteiger partial charge in [-0.2, -0.15) is 0 Å². The lowest BCUT2D eigenvalue weighted by Gasteiger charge is -2.32. The van der Waals surface area contributed by atoms with Crippen molar-refractivity contribution in [2.45, 2.75) is 32.6 Å². The molecule has 1 saturated heterocycles. The van der Waals surface area contributed by atoms with E-state index in [1.165, 1.54) is 11.0 Å². The van der Waals surface area contributed by atoms with Crippen molar-refractivity contribution >= 4 is 16.6 Å². The smallest absolute Gasteiger partial charge is 0.284 e. The van der Waals surface area contributed by atoms with Crippen molar-refractivity contribution in [1.82, 2.24) is 0 Å². The standard InChI is InChI=1S/C16H19N3O4/c1-10-7-18(8-11(2)23-10)9-12-6-14(19(21)22)13-4-3-5-17-15(13)16(12)20/h3-6,10-11,20H,7-9H2,1-2H3/p+2. The van der Waals surface area contributed by atoms with Crippen LogP contribution in [0.3, 0.4) is 0 Å². The minimum absolute atomic E-state index is 0.0124. The Morgan fingerprint density at radius 3 is 2.78 bits per heavy atom. The molecule has 0 spiro atoms. The monoisotopic (exact) mass is 319 g/mol. The molecule has 23 heavy (non-hydrogen) atoms. The first-order chi connectivity index (χ1) is 11.0. The van der Waals surface area contributed by atoms with Gasteiger partial charge in [0.1, 0.15) is 37.2 Å². The second-order valence-electron chi connectivity index (χ2n) is 6.21. The number of benzene rings is 1. The molecule has 2 aromatic rings. The summed E-state index contributed by atoms with van der Waals surface area (Å²) in [5, 5.41) is 22.3. The fourth-order valence-corrected chi connectivity index (χ4v) is 3.41. The number of pyridine rings is 1. The van der Waals surface area contributed by atoms with Crippen LogP contribution < -0.4 is 9.88 Å². The van der Waals surface area contributed by atoms with Crippen LogP contribution in [0, 0.1) is 10.1 Å². The van der Waals surface area contributed by atoms with Gasteiger partial charge in [0.15, 0.2) is 11.9 Å². The van der Waals surface area contributed by atoms with Crippen LogP contribution in [0.5, 0.6) is 5.75 Å². The number of aromatic hydroxyl groups is 1. The highest BCUT2D eigenvalue weighted by molar-refractivity contribution is 5.90. The predicted octanol–water partition coefficient (Wildman–Crippen LogP) is 0.460. The maximum absolute atomic E-state index is 11.4. The molecule has 1 fully saturated rings. The Morgan fingerprint density at radius 1 is 1.43 bits per heavy atom. The van der Waals surface area contributed by atoms with Crippen LogP contribution in [0.1, 0.15) is 19.4 Å². The minimum Gasteiger partial charge on any atom is -0.502 e. The summed E-state index contributed by atoms with van der Waals surface area (Å²) in [7, 11) is 0. The molecule has 7 nitrogen and oxygen atoms in total. The number of rotatable bonds is 3. The number of aromatic amines is 1. The highest BCUT2D eigenvalue weighted by atomic mass is 16.6. The molecular weight excluding hydrogens is 298 g/mol. The van der Waals surface area contributed by atoms with Gasteiger partial charge in [-0.25, -0.2) is 4.98 Å². The van der Waals surface area contributed by atoms with Gasteiger partial charge < -0.3 is 14.7 Å². The van der Waals surface area contributed by atoms with Crippen molar-refractivity contribution in [3.05, 3.63) is 40.1 Å². The van der Waals surface area contributed by atoms with Crippen LogP contribution in [0.15, 0.2) is 24.4 Å². The molecule has 2 unspecified atom stereocenters. The molecular formula is C16H21N3O4+2. The zero-order valence-electron chi connectivity index (χ0n) is 13.2. The molecule has 122 valence electrons. The van der Waals surface area contributed by atoms with E-state index < -0.39 is 4.92 Å². The zero-order valence-corrected chi connectivity index (χ0v) is 13.2. The second kappa shape index (κ2) is 6.10. The van der Waals surface area contributed by atoms with E-state index in [1.54, 1.807) is 18.3 Å². The zero-order chi connectivity index (χ0) is 16.6. The first-order valence-electron chi connectivity index (χ1n) is 7.74. The lowest BCUT2D eigenvalue weighted by atomic mass is 10.1. The number of fused-ring (bicyclic) bond motifs is 1. The van der Waals surface area contributed by atoms with Crippen molar-refractivity contribution in [3.63, 3.8) is 0 Å². The highest BCUT2D eigenvalue weighted by Gasteiger charge is 2.29. The molecule has 0 amide bonds. The lowest BCUT2D eigenvalue weighted by Crippen LogP contribution is -3.14. The summed E-state index contributed by atoms with van der Waals surface area (Å²) < 4.78 is 5.72. The van der Waals surface area contributed by atoms with Gasteiger partial charge >= 0.3 is 0 Å². The number of hydrogen-bond donors (Lipinski definition) is 2. The molecule has 7 heteroatoms. The molecule has 1 aliphatic rings. The predicted molar refractivity (Wildman–Crippen MR) is 83.2 cm³/mol. The summed E-state index contributed by atoms with van der Waals surface area (Å²) in [6.45, 7) is 6.20. The fraction of sp³-hybridized carbons (Fsp3) is 0.438. The Bertz CT molecular complexity index is 739. The van der Waals surface area contributed by atoms with E-state index in [0.29, 0.717) is 23.0 Å². The quantitative estimate of drug-likeness (QED) is 0.635. The number of nitrogens with zero attached hydrogens (tertiary/aromatic N) is 1. The number of nitrogens with one attached hydrogen (secondary N) is 2. The van der Waals surface area contributed by atoms with Gasteiger partial charge in [-0.1, -0.05) is 0 Å². The molecule has 2 heterocycles. The number of morpholine rings is 1. The third-order valence-electron chi connectivity index (χ3n) is 4.24. The maximum Gasteiger partial charge on any atom is 0.284 e. The largest absolute Gasteiger partial charge is 0.502 e. The molecule has 3 rings (SSSR count). The first kappa shape index (κ1) is 15.6. The van der Waals surface area contributed by atoms with Crippen LogP contribution in [0.4, 0.5) is 5.69 Å². The summed E-state index contributed by atoms with van der Waals surface area (Å²) in [4.78, 5) is 15.1. The van der Waals surface area contributed by atoms with Gasteiger partial charge in [0.25, 0.3) is 11.2 Å². The van der Waals surface area contributed by atoms with Crippen molar-refractivity contribution in [3.8, 4) is 5.75 Å². The first-order valence-corrected chi connectivity index (χ1v) is 7.74. The third kappa shape index (κ3) is 3.11. The van der Waals surface area contributed by atoms with Crippen molar-refractivity contribution in [2.75, 3.05) is 13.1 Å². The van der Waals surface area contributed by atoms with Gasteiger partial charge in [0.2, 0.25) is 0 Å². The van der Waals surface area contributed by atoms with Crippen molar-refractivity contribution in [2.24, 2.45) is 0 Å². The Balaban J connectivity index is 2.00. The molecule has 1 aromatic carbocycles. The molecule has 2 atom stereocenters. The molecule has 1 aromatic heterocycles. The van der Waals surface area contributed by atoms with E-state index in [1.807, 2.05) is 13.8 Å². The number of nitro benzene ring substituents is 1. The van der Waals surface area contributed by atoms with Crippen LogP contribution in [0.2, 0.25) is 0 Å². The molecule has 3 N–H and O–H groups in total. The SMILES string of the molecule is CC1C[NH+](Cc2cc([N+](=O)[O-])c3ccc[nH+]c3c2O)CC(C)O1. The molecule has 0 saturated carbocycles. The topological polar surface area (TPSA) is 91.2 Å². The Kier molecular flexibility index (Phi) is 4.14. The normalized spacial score (nSPS) is 24.7. The number of ether oxygens (including phenoxy) is 1. The molecule has 1 aliphatic heterocycles.